The van der Waals surface area contributed by atoms with Crippen molar-refractivity contribution in [2.45, 2.75) is 18.4 Å². The van der Waals surface area contributed by atoms with Gasteiger partial charge in [0, 0.05) is 25.4 Å². The number of nitrogens with zero attached hydrogens (tertiary/aromatic N) is 2. The zero-order valence-electron chi connectivity index (χ0n) is 11.8. The van der Waals surface area contributed by atoms with Gasteiger partial charge < -0.3 is 4.74 Å². The maximum Gasteiger partial charge on any atom is 0.349 e. The van der Waals surface area contributed by atoms with Crippen LogP contribution < -0.4 is 4.72 Å². The van der Waals surface area contributed by atoms with Crippen LogP contribution in [0.3, 0.4) is 0 Å². The molecule has 21 heavy (non-hydrogen) atoms. The number of thiophene rings is 1. The molecule has 0 saturated carbocycles. The summed E-state index contributed by atoms with van der Waals surface area (Å²) >= 11 is 1.05. The van der Waals surface area contributed by atoms with Crippen LogP contribution in [-0.4, -0.2) is 31.3 Å². The van der Waals surface area contributed by atoms with E-state index in [1.165, 1.54) is 7.11 Å². The molecule has 1 N–H and O–H groups in total. The second-order valence-corrected chi connectivity index (χ2v) is 7.00. The predicted octanol–water partition coefficient (Wildman–Crippen LogP) is 1.06. The largest absolute Gasteiger partial charge is 0.465 e. The molecule has 0 bridgehead atoms. The van der Waals surface area contributed by atoms with Crippen molar-refractivity contribution < 1.29 is 17.9 Å². The number of aromatic nitrogens is 2. The number of esters is 1. The average Bonchev–Trinajstić information content (AvgIpc) is 3.02. The average molecular weight is 329 g/mol. The Bertz CT molecular complexity index is 761. The van der Waals surface area contributed by atoms with E-state index in [0.29, 0.717) is 5.56 Å². The summed E-state index contributed by atoms with van der Waals surface area (Å²) in [5, 5.41) is 5.58. The fourth-order valence-electron chi connectivity index (χ4n) is 1.81. The van der Waals surface area contributed by atoms with Crippen LogP contribution in [0.25, 0.3) is 0 Å². The monoisotopic (exact) mass is 329 g/mol. The van der Waals surface area contributed by atoms with Crippen molar-refractivity contribution in [2.24, 2.45) is 7.05 Å². The van der Waals surface area contributed by atoms with Gasteiger partial charge in [0.25, 0.3) is 0 Å². The van der Waals surface area contributed by atoms with Gasteiger partial charge in [-0.05, 0) is 17.9 Å². The highest BCUT2D eigenvalue weighted by Gasteiger charge is 2.27. The molecule has 7 nitrogen and oxygen atoms in total. The topological polar surface area (TPSA) is 90.3 Å². The Morgan fingerprint density at radius 3 is 2.81 bits per heavy atom. The van der Waals surface area contributed by atoms with E-state index in [2.05, 4.69) is 14.6 Å². The Morgan fingerprint density at radius 2 is 2.24 bits per heavy atom. The van der Waals surface area contributed by atoms with E-state index in [1.807, 2.05) is 0 Å². The number of aryl methyl sites for hydroxylation is 2. The predicted molar refractivity (Wildman–Crippen MR) is 77.6 cm³/mol. The SMILES string of the molecule is COC(=O)c1scc(C)c1S(=O)(=O)NCc1cnn(C)c1. The minimum atomic E-state index is -3.80. The van der Waals surface area contributed by atoms with Crippen molar-refractivity contribution in [3.63, 3.8) is 0 Å². The van der Waals surface area contributed by atoms with Crippen LogP contribution in [0, 0.1) is 6.92 Å². The summed E-state index contributed by atoms with van der Waals surface area (Å²) in [6.07, 6.45) is 3.29. The van der Waals surface area contributed by atoms with E-state index in [-0.39, 0.29) is 16.3 Å². The molecule has 0 radical (unpaired) electrons. The molecule has 2 rings (SSSR count). The van der Waals surface area contributed by atoms with Crippen LogP contribution in [0.5, 0.6) is 0 Å². The van der Waals surface area contributed by atoms with Crippen LogP contribution in [-0.2, 0) is 28.4 Å². The van der Waals surface area contributed by atoms with Crippen LogP contribution in [0.1, 0.15) is 20.8 Å². The molecule has 0 unspecified atom stereocenters. The van der Waals surface area contributed by atoms with Crippen molar-refractivity contribution in [3.05, 3.63) is 33.8 Å². The summed E-state index contributed by atoms with van der Waals surface area (Å²) in [7, 11) is -0.834. The lowest BCUT2D eigenvalue weighted by Gasteiger charge is -2.07. The van der Waals surface area contributed by atoms with Crippen LogP contribution in [0.15, 0.2) is 22.7 Å². The molecule has 0 aromatic carbocycles. The van der Waals surface area contributed by atoms with Crippen LogP contribution in [0.2, 0.25) is 0 Å². The number of nitrogens with one attached hydrogen (secondary N) is 1. The molecule has 2 heterocycles. The first-order chi connectivity index (χ1) is 9.85. The van der Waals surface area contributed by atoms with Crippen molar-refractivity contribution >= 4 is 27.3 Å². The zero-order chi connectivity index (χ0) is 15.6. The summed E-state index contributed by atoms with van der Waals surface area (Å²) in [6, 6.07) is 0. The molecule has 0 fully saturated rings. The number of methoxy groups -OCH3 is 1. The normalized spacial score (nSPS) is 11.6. The first kappa shape index (κ1) is 15.7. The molecule has 0 saturated heterocycles. The first-order valence-electron chi connectivity index (χ1n) is 5.98. The number of hydrogen-bond acceptors (Lipinski definition) is 6. The highest BCUT2D eigenvalue weighted by molar-refractivity contribution is 7.89. The summed E-state index contributed by atoms with van der Waals surface area (Å²) in [5.74, 6) is -0.658. The molecule has 0 aliphatic heterocycles. The molecule has 9 heteroatoms. The highest BCUT2D eigenvalue weighted by Crippen LogP contribution is 2.27. The summed E-state index contributed by atoms with van der Waals surface area (Å²) in [5.41, 5.74) is 1.24. The summed E-state index contributed by atoms with van der Waals surface area (Å²) < 4.78 is 33.5. The van der Waals surface area contributed by atoms with E-state index in [1.54, 1.807) is 36.4 Å². The second-order valence-electron chi connectivity index (χ2n) is 4.42. The van der Waals surface area contributed by atoms with Crippen LogP contribution >= 0.6 is 11.3 Å². The van der Waals surface area contributed by atoms with Crippen molar-refractivity contribution in [3.8, 4) is 0 Å². The lowest BCUT2D eigenvalue weighted by Crippen LogP contribution is -2.25. The molecular weight excluding hydrogens is 314 g/mol. The number of sulfonamides is 1. The van der Waals surface area contributed by atoms with Gasteiger partial charge >= 0.3 is 5.97 Å². The van der Waals surface area contributed by atoms with E-state index in [4.69, 9.17) is 0 Å². The molecule has 0 amide bonds. The van der Waals surface area contributed by atoms with Crippen molar-refractivity contribution in [1.82, 2.24) is 14.5 Å². The van der Waals surface area contributed by atoms with Gasteiger partial charge in [-0.15, -0.1) is 11.3 Å². The molecule has 0 atom stereocenters. The molecule has 0 spiro atoms. The van der Waals surface area contributed by atoms with E-state index in [0.717, 1.165) is 16.9 Å². The molecule has 0 aliphatic carbocycles. The second kappa shape index (κ2) is 5.96. The van der Waals surface area contributed by atoms with Gasteiger partial charge in [0.2, 0.25) is 10.0 Å². The molecule has 2 aromatic heterocycles. The zero-order valence-corrected chi connectivity index (χ0v) is 13.4. The van der Waals surface area contributed by atoms with Gasteiger partial charge in [-0.25, -0.2) is 17.9 Å². The van der Waals surface area contributed by atoms with Gasteiger partial charge in [-0.3, -0.25) is 4.68 Å². The maximum absolute atomic E-state index is 12.4. The fourth-order valence-corrected chi connectivity index (χ4v) is 4.53. The van der Waals surface area contributed by atoms with Gasteiger partial charge in [-0.2, -0.15) is 5.10 Å². The lowest BCUT2D eigenvalue weighted by atomic mass is 10.3. The number of hydrogen-bond donors (Lipinski definition) is 1. The Balaban J connectivity index is 2.27. The molecular formula is C12H15N3O4S2. The standard InChI is InChI=1S/C12H15N3O4S2/c1-8-7-20-10(12(16)19-3)11(8)21(17,18)14-5-9-4-13-15(2)6-9/h4,6-7,14H,5H2,1-3H3. The van der Waals surface area contributed by atoms with Crippen molar-refractivity contribution in [1.29, 1.82) is 0 Å². The third-order valence-electron chi connectivity index (χ3n) is 2.78. The Morgan fingerprint density at radius 1 is 1.52 bits per heavy atom. The summed E-state index contributed by atoms with van der Waals surface area (Å²) in [4.78, 5) is 11.7. The highest BCUT2D eigenvalue weighted by atomic mass is 32.2. The molecule has 114 valence electrons. The van der Waals surface area contributed by atoms with Gasteiger partial charge in [0.15, 0.2) is 0 Å². The van der Waals surface area contributed by atoms with Crippen LogP contribution in [0.4, 0.5) is 0 Å². The molecule has 2 aromatic rings. The number of carbonyl (C=O) groups excluding carboxylic acids is 1. The minimum absolute atomic E-state index is 0.0248. The number of ether oxygens (including phenoxy) is 1. The smallest absolute Gasteiger partial charge is 0.349 e. The van der Waals surface area contributed by atoms with Gasteiger partial charge in [0.1, 0.15) is 9.77 Å². The quantitative estimate of drug-likeness (QED) is 0.828. The first-order valence-corrected chi connectivity index (χ1v) is 8.35. The Labute approximate surface area is 126 Å². The third-order valence-corrected chi connectivity index (χ3v) is 5.58. The third kappa shape index (κ3) is 3.31. The van der Waals surface area contributed by atoms with E-state index < -0.39 is 16.0 Å². The van der Waals surface area contributed by atoms with Gasteiger partial charge in [0.05, 0.1) is 13.3 Å². The summed E-state index contributed by atoms with van der Waals surface area (Å²) in [6.45, 7) is 1.74. The maximum atomic E-state index is 12.4. The Kier molecular flexibility index (Phi) is 4.45. The number of rotatable bonds is 5. The number of carbonyl (C=O) groups is 1. The van der Waals surface area contributed by atoms with E-state index >= 15 is 0 Å². The van der Waals surface area contributed by atoms with Gasteiger partial charge in [-0.1, -0.05) is 0 Å². The van der Waals surface area contributed by atoms with Crippen molar-refractivity contribution in [2.75, 3.05) is 7.11 Å². The Hall–Kier alpha value is -1.71. The van der Waals surface area contributed by atoms with E-state index in [9.17, 15) is 13.2 Å². The minimum Gasteiger partial charge on any atom is -0.465 e. The molecule has 0 aliphatic rings. The fraction of sp³-hybridized carbons (Fsp3) is 0.333. The lowest BCUT2D eigenvalue weighted by molar-refractivity contribution is 0.0602.